The van der Waals surface area contributed by atoms with Crippen LogP contribution in [0.1, 0.15) is 0 Å². The van der Waals surface area contributed by atoms with Crippen LogP contribution in [0.5, 0.6) is 0 Å². The van der Waals surface area contributed by atoms with Crippen LogP contribution < -0.4 is 21.5 Å². The van der Waals surface area contributed by atoms with E-state index in [9.17, 15) is 0 Å². The summed E-state index contributed by atoms with van der Waals surface area (Å²) in [6.07, 6.45) is 0. The number of guanidine groups is 1. The van der Waals surface area contributed by atoms with E-state index in [0.29, 0.717) is 19.1 Å². The first kappa shape index (κ1) is 14.3. The predicted molar refractivity (Wildman–Crippen MR) is 75.9 cm³/mol. The Hall–Kier alpha value is -1.79. The molecule has 4 N–H and O–H groups in total. The number of nitrogens with one attached hydrogen (secondary N) is 2. The number of nitrogens with zero attached hydrogens (tertiary/aromatic N) is 2. The minimum Gasteiger partial charge on any atom is -0.383 e. The zero-order chi connectivity index (χ0) is 13.4. The molecular weight excluding hydrogens is 230 g/mol. The Morgan fingerprint density at radius 2 is 2.00 bits per heavy atom. The lowest BCUT2D eigenvalue weighted by molar-refractivity contribution is 0.208. The van der Waals surface area contributed by atoms with E-state index in [2.05, 4.69) is 15.7 Å². The van der Waals surface area contributed by atoms with Crippen molar-refractivity contribution in [2.45, 2.75) is 0 Å². The van der Waals surface area contributed by atoms with Crippen molar-refractivity contribution in [1.29, 1.82) is 0 Å². The maximum Gasteiger partial charge on any atom is 0.210 e. The third kappa shape index (κ3) is 4.60. The van der Waals surface area contributed by atoms with Gasteiger partial charge in [-0.15, -0.1) is 0 Å². The first-order chi connectivity index (χ1) is 8.67. The summed E-state index contributed by atoms with van der Waals surface area (Å²) in [5, 5.41) is 3.09. The molecule has 0 aliphatic heterocycles. The van der Waals surface area contributed by atoms with Gasteiger partial charge in [-0.2, -0.15) is 0 Å². The van der Waals surface area contributed by atoms with Crippen molar-refractivity contribution in [2.75, 3.05) is 44.6 Å². The summed E-state index contributed by atoms with van der Waals surface area (Å²) in [6.45, 7) is 1.12. The number of ether oxygens (including phenoxy) is 1. The Morgan fingerprint density at radius 3 is 2.50 bits per heavy atom. The van der Waals surface area contributed by atoms with Gasteiger partial charge in [-0.25, -0.2) is 10.8 Å². The fraction of sp³-hybridized carbons (Fsp3) is 0.417. The molecule has 0 spiro atoms. The van der Waals surface area contributed by atoms with Crippen molar-refractivity contribution < 1.29 is 4.74 Å². The second-order valence-corrected chi connectivity index (χ2v) is 3.93. The van der Waals surface area contributed by atoms with Gasteiger partial charge < -0.3 is 15.0 Å². The lowest BCUT2D eigenvalue weighted by Gasteiger charge is -2.14. The molecule has 0 unspecified atom stereocenters. The summed E-state index contributed by atoms with van der Waals surface area (Å²) in [6, 6.07) is 7.98. The number of hydrogen-bond acceptors (Lipinski definition) is 4. The van der Waals surface area contributed by atoms with Crippen LogP contribution in [0.25, 0.3) is 0 Å². The molecule has 1 aromatic rings. The predicted octanol–water partition coefficient (Wildman–Crippen LogP) is 0.630. The lowest BCUT2D eigenvalue weighted by Crippen LogP contribution is -2.36. The summed E-state index contributed by atoms with van der Waals surface area (Å²) in [5.74, 6) is 5.91. The SMILES string of the molecule is COCCN=C(NN)Nc1ccc(N(C)C)cc1. The van der Waals surface area contributed by atoms with E-state index in [1.165, 1.54) is 0 Å². The Kier molecular flexibility index (Phi) is 5.96. The molecule has 6 nitrogen and oxygen atoms in total. The van der Waals surface area contributed by atoms with E-state index in [4.69, 9.17) is 10.6 Å². The van der Waals surface area contributed by atoms with Gasteiger partial charge in [-0.1, -0.05) is 0 Å². The highest BCUT2D eigenvalue weighted by Crippen LogP contribution is 2.15. The fourth-order valence-corrected chi connectivity index (χ4v) is 1.35. The van der Waals surface area contributed by atoms with Crippen LogP contribution in [0, 0.1) is 0 Å². The molecule has 0 saturated carbocycles. The van der Waals surface area contributed by atoms with Crippen molar-refractivity contribution in [1.82, 2.24) is 5.43 Å². The van der Waals surface area contributed by atoms with Gasteiger partial charge in [0.05, 0.1) is 13.2 Å². The number of rotatable bonds is 5. The van der Waals surface area contributed by atoms with Crippen LogP contribution >= 0.6 is 0 Å². The Morgan fingerprint density at radius 1 is 1.33 bits per heavy atom. The monoisotopic (exact) mass is 251 g/mol. The van der Waals surface area contributed by atoms with Crippen LogP contribution in [0.3, 0.4) is 0 Å². The zero-order valence-electron chi connectivity index (χ0n) is 11.1. The normalized spacial score (nSPS) is 11.2. The topological polar surface area (TPSA) is 74.9 Å². The highest BCUT2D eigenvalue weighted by atomic mass is 16.5. The molecule has 100 valence electrons. The first-order valence-electron chi connectivity index (χ1n) is 5.71. The molecule has 0 saturated heterocycles. The smallest absolute Gasteiger partial charge is 0.210 e. The third-order valence-corrected chi connectivity index (χ3v) is 2.35. The lowest BCUT2D eigenvalue weighted by atomic mass is 10.2. The molecule has 18 heavy (non-hydrogen) atoms. The second kappa shape index (κ2) is 7.52. The van der Waals surface area contributed by atoms with E-state index in [1.807, 2.05) is 43.3 Å². The number of aliphatic imine (C=N–C) groups is 1. The standard InChI is InChI=1S/C12H21N5O/c1-17(2)11-6-4-10(5-7-11)15-12(16-13)14-8-9-18-3/h4-7H,8-9,13H2,1-3H3,(H2,14,15,16). The van der Waals surface area contributed by atoms with E-state index in [-0.39, 0.29) is 0 Å². The van der Waals surface area contributed by atoms with Crippen molar-refractivity contribution in [3.63, 3.8) is 0 Å². The van der Waals surface area contributed by atoms with E-state index >= 15 is 0 Å². The maximum absolute atomic E-state index is 5.39. The van der Waals surface area contributed by atoms with Gasteiger partial charge in [0.1, 0.15) is 0 Å². The van der Waals surface area contributed by atoms with Crippen LogP contribution in [0.4, 0.5) is 11.4 Å². The number of benzene rings is 1. The molecule has 0 amide bonds. The molecule has 0 aromatic heterocycles. The first-order valence-corrected chi connectivity index (χ1v) is 5.71. The van der Waals surface area contributed by atoms with Gasteiger partial charge in [0.25, 0.3) is 0 Å². The number of anilines is 2. The highest BCUT2D eigenvalue weighted by Gasteiger charge is 1.99. The molecule has 1 rings (SSSR count). The largest absolute Gasteiger partial charge is 0.383 e. The summed E-state index contributed by atoms with van der Waals surface area (Å²) < 4.78 is 4.92. The van der Waals surface area contributed by atoms with E-state index in [1.54, 1.807) is 7.11 Å². The minimum absolute atomic E-state index is 0.518. The molecule has 0 heterocycles. The van der Waals surface area contributed by atoms with Crippen LogP contribution in [-0.4, -0.2) is 40.3 Å². The van der Waals surface area contributed by atoms with E-state index < -0.39 is 0 Å². The van der Waals surface area contributed by atoms with Crippen LogP contribution in [0.2, 0.25) is 0 Å². The van der Waals surface area contributed by atoms with Gasteiger partial charge >= 0.3 is 0 Å². The van der Waals surface area contributed by atoms with Crippen molar-refractivity contribution >= 4 is 17.3 Å². The second-order valence-electron chi connectivity index (χ2n) is 3.93. The van der Waals surface area contributed by atoms with Crippen LogP contribution in [-0.2, 0) is 4.74 Å². The van der Waals surface area contributed by atoms with Crippen molar-refractivity contribution in [3.8, 4) is 0 Å². The Balaban J connectivity index is 2.61. The average molecular weight is 251 g/mol. The molecule has 1 aromatic carbocycles. The van der Waals surface area contributed by atoms with Gasteiger partial charge in [0.15, 0.2) is 0 Å². The number of hydrogen-bond donors (Lipinski definition) is 3. The molecule has 0 radical (unpaired) electrons. The molecule has 0 aliphatic rings. The van der Waals surface area contributed by atoms with Crippen molar-refractivity contribution in [2.24, 2.45) is 10.8 Å². The summed E-state index contributed by atoms with van der Waals surface area (Å²) in [7, 11) is 5.64. The Labute approximate surface area is 108 Å². The minimum atomic E-state index is 0.518. The summed E-state index contributed by atoms with van der Waals surface area (Å²) >= 11 is 0. The third-order valence-electron chi connectivity index (χ3n) is 2.35. The number of hydrazine groups is 1. The van der Waals surface area contributed by atoms with Crippen molar-refractivity contribution in [3.05, 3.63) is 24.3 Å². The number of methoxy groups -OCH3 is 1. The molecule has 0 atom stereocenters. The molecular formula is C12H21N5O. The Bertz CT molecular complexity index is 375. The van der Waals surface area contributed by atoms with Gasteiger partial charge in [0.2, 0.25) is 5.96 Å². The maximum atomic E-state index is 5.39. The molecule has 0 bridgehead atoms. The highest BCUT2D eigenvalue weighted by molar-refractivity contribution is 5.93. The van der Waals surface area contributed by atoms with Crippen LogP contribution in [0.15, 0.2) is 29.3 Å². The van der Waals surface area contributed by atoms with Gasteiger partial charge in [-0.3, -0.25) is 5.43 Å². The van der Waals surface area contributed by atoms with Gasteiger partial charge in [-0.05, 0) is 24.3 Å². The fourth-order valence-electron chi connectivity index (χ4n) is 1.35. The molecule has 0 fully saturated rings. The number of nitrogens with two attached hydrogens (primary N) is 1. The van der Waals surface area contributed by atoms with Gasteiger partial charge in [0, 0.05) is 32.6 Å². The zero-order valence-corrected chi connectivity index (χ0v) is 11.1. The van der Waals surface area contributed by atoms with E-state index in [0.717, 1.165) is 11.4 Å². The average Bonchev–Trinajstić information content (AvgIpc) is 2.38. The summed E-state index contributed by atoms with van der Waals surface area (Å²) in [4.78, 5) is 6.26. The molecule has 6 heteroatoms. The molecule has 0 aliphatic carbocycles. The summed E-state index contributed by atoms with van der Waals surface area (Å²) in [5.41, 5.74) is 4.58. The quantitative estimate of drug-likeness (QED) is 0.235.